The molecule has 0 unspecified atom stereocenters. The number of benzene rings is 1. The summed E-state index contributed by atoms with van der Waals surface area (Å²) in [5, 5.41) is 0.779. The molecule has 0 radical (unpaired) electrons. The van der Waals surface area contributed by atoms with E-state index in [2.05, 4.69) is 9.97 Å². The summed E-state index contributed by atoms with van der Waals surface area (Å²) in [5.74, 6) is -0.638. The topological polar surface area (TPSA) is 75.3 Å². The number of carbonyl (C=O) groups excluding carboxylic acids is 2. The number of hydrogen-bond donors (Lipinski definition) is 1. The van der Waals surface area contributed by atoms with Gasteiger partial charge in [-0.05, 0) is 31.0 Å². The van der Waals surface area contributed by atoms with Gasteiger partial charge >= 0.3 is 12.1 Å². The van der Waals surface area contributed by atoms with Crippen molar-refractivity contribution in [2.24, 2.45) is 5.92 Å². The van der Waals surface area contributed by atoms with E-state index in [1.165, 1.54) is 6.07 Å². The van der Waals surface area contributed by atoms with E-state index in [1.807, 2.05) is 29.2 Å². The number of Topliss-reactive ketones (excluding diaryl/α,β-unsaturated/α-hetero) is 1. The monoisotopic (exact) mass is 431 g/mol. The molecule has 4 rings (SSSR count). The number of pyridine rings is 1. The zero-order chi connectivity index (χ0) is 22.0. The number of fused-ring (bicyclic) bond motifs is 1. The average Bonchev–Trinajstić information content (AvgIpc) is 3.21. The number of ketones is 1. The predicted molar refractivity (Wildman–Crippen MR) is 108 cm³/mol. The molecule has 0 spiro atoms. The Labute approximate surface area is 176 Å². The van der Waals surface area contributed by atoms with Crippen molar-refractivity contribution in [3.8, 4) is 0 Å². The molecule has 3 aromatic rings. The molecular formula is C22H20F3N3O3. The van der Waals surface area contributed by atoms with Gasteiger partial charge in [-0.15, -0.1) is 0 Å². The largest absolute Gasteiger partial charge is 0.457 e. The maximum atomic E-state index is 12.7. The number of nitrogens with zero attached hydrogens (tertiary/aromatic N) is 2. The Morgan fingerprint density at radius 2 is 1.87 bits per heavy atom. The number of alkyl halides is 3. The summed E-state index contributed by atoms with van der Waals surface area (Å²) in [7, 11) is 0. The van der Waals surface area contributed by atoms with Crippen LogP contribution >= 0.6 is 0 Å². The molecule has 3 heterocycles. The van der Waals surface area contributed by atoms with Gasteiger partial charge in [-0.25, -0.2) is 4.98 Å². The number of carbonyl (C=O) groups is 2. The minimum Gasteiger partial charge on any atom is -0.457 e. The van der Waals surface area contributed by atoms with Crippen LogP contribution < -0.4 is 4.90 Å². The van der Waals surface area contributed by atoms with E-state index in [4.69, 9.17) is 4.74 Å². The van der Waals surface area contributed by atoms with Crippen LogP contribution in [0.5, 0.6) is 0 Å². The highest BCUT2D eigenvalue weighted by Gasteiger charge is 2.32. The molecule has 0 aliphatic carbocycles. The number of hydrogen-bond acceptors (Lipinski definition) is 5. The number of aromatic nitrogens is 2. The Hall–Kier alpha value is -3.36. The van der Waals surface area contributed by atoms with E-state index in [9.17, 15) is 22.8 Å². The smallest absolute Gasteiger partial charge is 0.417 e. The fourth-order valence-corrected chi connectivity index (χ4v) is 3.72. The number of aromatic amines is 1. The molecule has 0 amide bonds. The summed E-state index contributed by atoms with van der Waals surface area (Å²) in [6.45, 7) is 0.602. The fraction of sp³-hybridized carbons (Fsp3) is 0.318. The lowest BCUT2D eigenvalue weighted by atomic mass is 9.97. The second-order valence-corrected chi connectivity index (χ2v) is 7.44. The van der Waals surface area contributed by atoms with Crippen LogP contribution in [0.4, 0.5) is 19.0 Å². The van der Waals surface area contributed by atoms with Crippen LogP contribution in [0.2, 0.25) is 0 Å². The van der Waals surface area contributed by atoms with E-state index in [-0.39, 0.29) is 18.3 Å². The molecule has 1 aromatic carbocycles. The number of piperidine rings is 1. The van der Waals surface area contributed by atoms with Gasteiger partial charge in [0.05, 0.1) is 11.5 Å². The van der Waals surface area contributed by atoms with Crippen LogP contribution in [0.25, 0.3) is 10.9 Å². The molecule has 0 saturated carbocycles. The van der Waals surface area contributed by atoms with Gasteiger partial charge in [0.25, 0.3) is 0 Å². The van der Waals surface area contributed by atoms with E-state index in [1.54, 1.807) is 6.20 Å². The fourth-order valence-electron chi connectivity index (χ4n) is 3.72. The van der Waals surface area contributed by atoms with Crippen LogP contribution in [0, 0.1) is 5.92 Å². The lowest BCUT2D eigenvalue weighted by Gasteiger charge is -2.31. The Morgan fingerprint density at radius 1 is 1.13 bits per heavy atom. The molecule has 1 saturated heterocycles. The SMILES string of the molecule is O=C(COC(=O)C1CCN(c2ccc(C(F)(F)F)cn2)CC1)c1c[nH]c2ccccc12. The normalized spacial score (nSPS) is 15.3. The molecule has 1 aliphatic rings. The third-order valence-corrected chi connectivity index (χ3v) is 5.46. The van der Waals surface area contributed by atoms with Crippen molar-refractivity contribution in [1.29, 1.82) is 0 Å². The second kappa shape index (κ2) is 8.41. The molecule has 1 N–H and O–H groups in total. The summed E-state index contributed by atoms with van der Waals surface area (Å²) in [5.41, 5.74) is 0.516. The highest BCUT2D eigenvalue weighted by Crippen LogP contribution is 2.30. The highest BCUT2D eigenvalue weighted by atomic mass is 19.4. The van der Waals surface area contributed by atoms with Crippen LogP contribution in [0.3, 0.4) is 0 Å². The van der Waals surface area contributed by atoms with E-state index < -0.39 is 17.7 Å². The maximum Gasteiger partial charge on any atom is 0.417 e. The zero-order valence-corrected chi connectivity index (χ0v) is 16.5. The third kappa shape index (κ3) is 4.55. The molecule has 0 bridgehead atoms. The first-order valence-corrected chi connectivity index (χ1v) is 9.87. The number of para-hydroxylation sites is 1. The quantitative estimate of drug-likeness (QED) is 0.484. The van der Waals surface area contributed by atoms with Crippen molar-refractivity contribution in [2.45, 2.75) is 19.0 Å². The summed E-state index contributed by atoms with van der Waals surface area (Å²) >= 11 is 0. The zero-order valence-electron chi connectivity index (χ0n) is 16.5. The van der Waals surface area contributed by atoms with Gasteiger partial charge in [0.1, 0.15) is 5.82 Å². The molecule has 9 heteroatoms. The van der Waals surface area contributed by atoms with Gasteiger partial charge in [0.2, 0.25) is 5.78 Å². The molecule has 0 atom stereocenters. The first kappa shape index (κ1) is 20.9. The molecule has 1 aliphatic heterocycles. The van der Waals surface area contributed by atoms with Gasteiger partial charge in [-0.1, -0.05) is 18.2 Å². The Bertz CT molecular complexity index is 1080. The van der Waals surface area contributed by atoms with E-state index in [0.29, 0.717) is 37.3 Å². The molecule has 31 heavy (non-hydrogen) atoms. The number of nitrogens with one attached hydrogen (secondary N) is 1. The summed E-state index contributed by atoms with van der Waals surface area (Å²) in [6.07, 6.45) is -1.06. The summed E-state index contributed by atoms with van der Waals surface area (Å²) in [6, 6.07) is 9.71. The van der Waals surface area contributed by atoms with Crippen molar-refractivity contribution in [1.82, 2.24) is 9.97 Å². The van der Waals surface area contributed by atoms with Crippen LogP contribution in [0.15, 0.2) is 48.8 Å². The lowest BCUT2D eigenvalue weighted by Crippen LogP contribution is -2.37. The highest BCUT2D eigenvalue weighted by molar-refractivity contribution is 6.08. The van der Waals surface area contributed by atoms with Crippen molar-refractivity contribution in [2.75, 3.05) is 24.6 Å². The van der Waals surface area contributed by atoms with Crippen LogP contribution in [-0.2, 0) is 15.7 Å². The number of esters is 1. The number of anilines is 1. The summed E-state index contributed by atoms with van der Waals surface area (Å²) in [4.78, 5) is 33.6. The van der Waals surface area contributed by atoms with Crippen LogP contribution in [-0.4, -0.2) is 41.4 Å². The molecule has 162 valence electrons. The minimum absolute atomic E-state index is 0.280. The third-order valence-electron chi connectivity index (χ3n) is 5.46. The van der Waals surface area contributed by atoms with Gasteiger partial charge in [-0.3, -0.25) is 9.59 Å². The minimum atomic E-state index is -4.42. The maximum absolute atomic E-state index is 12.7. The van der Waals surface area contributed by atoms with E-state index in [0.717, 1.165) is 23.2 Å². The first-order chi connectivity index (χ1) is 14.8. The van der Waals surface area contributed by atoms with Crippen LogP contribution in [0.1, 0.15) is 28.8 Å². The number of H-pyrrole nitrogens is 1. The molecule has 2 aromatic heterocycles. The Kier molecular flexibility index (Phi) is 5.67. The van der Waals surface area contributed by atoms with Crippen molar-refractivity contribution >= 4 is 28.5 Å². The lowest BCUT2D eigenvalue weighted by molar-refractivity contribution is -0.148. The summed E-state index contributed by atoms with van der Waals surface area (Å²) < 4.78 is 43.3. The average molecular weight is 431 g/mol. The Balaban J connectivity index is 1.29. The number of rotatable bonds is 5. The van der Waals surface area contributed by atoms with Crippen molar-refractivity contribution in [3.63, 3.8) is 0 Å². The number of ether oxygens (including phenoxy) is 1. The van der Waals surface area contributed by atoms with Crippen molar-refractivity contribution in [3.05, 3.63) is 59.9 Å². The molecule has 6 nitrogen and oxygen atoms in total. The van der Waals surface area contributed by atoms with E-state index >= 15 is 0 Å². The predicted octanol–water partition coefficient (Wildman–Crippen LogP) is 4.22. The molecule has 1 fully saturated rings. The second-order valence-electron chi connectivity index (χ2n) is 7.44. The number of halogens is 3. The first-order valence-electron chi connectivity index (χ1n) is 9.87. The van der Waals surface area contributed by atoms with Gasteiger partial charge < -0.3 is 14.6 Å². The Morgan fingerprint density at radius 3 is 2.55 bits per heavy atom. The van der Waals surface area contributed by atoms with Gasteiger partial charge in [0.15, 0.2) is 6.61 Å². The van der Waals surface area contributed by atoms with Crippen molar-refractivity contribution < 1.29 is 27.5 Å². The standard InChI is InChI=1S/C22H20F3N3O3/c23-22(24,25)15-5-6-20(27-11-15)28-9-7-14(8-10-28)21(30)31-13-19(29)17-12-26-18-4-2-1-3-16(17)18/h1-6,11-12,14,26H,7-10,13H2. The van der Waals surface area contributed by atoms with Gasteiger partial charge in [-0.2, -0.15) is 13.2 Å². The van der Waals surface area contributed by atoms with Gasteiger partial charge in [0, 0.05) is 41.9 Å². The molecular weight excluding hydrogens is 411 g/mol.